The minimum absolute atomic E-state index is 0.511. The van der Waals surface area contributed by atoms with E-state index < -0.39 is 0 Å². The van der Waals surface area contributed by atoms with Gasteiger partial charge in [-0.05, 0) is 40.2 Å². The standard InChI is InChI=1S/C11H11BrN2S/c12-10-2-1-3-11(9(10)6-13)14-8-4-5-15-7-8/h1-3,8,14H,4-5,7H2. The van der Waals surface area contributed by atoms with Crippen LogP contribution in [0.25, 0.3) is 0 Å². The topological polar surface area (TPSA) is 35.8 Å². The fourth-order valence-electron chi connectivity index (χ4n) is 1.63. The fraction of sp³-hybridized carbons (Fsp3) is 0.364. The van der Waals surface area contributed by atoms with Gasteiger partial charge in [0.2, 0.25) is 0 Å². The number of anilines is 1. The minimum Gasteiger partial charge on any atom is -0.380 e. The average molecular weight is 283 g/mol. The van der Waals surface area contributed by atoms with E-state index in [9.17, 15) is 0 Å². The van der Waals surface area contributed by atoms with Crippen LogP contribution in [0, 0.1) is 11.3 Å². The second-order valence-corrected chi connectivity index (χ2v) is 5.48. The number of hydrogen-bond acceptors (Lipinski definition) is 3. The number of benzene rings is 1. The Hall–Kier alpha value is -0.660. The summed E-state index contributed by atoms with van der Waals surface area (Å²) in [7, 11) is 0. The van der Waals surface area contributed by atoms with Gasteiger partial charge in [0.05, 0.1) is 11.3 Å². The zero-order chi connectivity index (χ0) is 10.7. The second kappa shape index (κ2) is 4.91. The molecule has 78 valence electrons. The molecule has 0 aliphatic carbocycles. The van der Waals surface area contributed by atoms with E-state index in [0.717, 1.165) is 15.9 Å². The summed E-state index contributed by atoms with van der Waals surface area (Å²) in [5, 5.41) is 12.5. The van der Waals surface area contributed by atoms with Crippen LogP contribution in [0.15, 0.2) is 22.7 Å². The maximum atomic E-state index is 9.05. The van der Waals surface area contributed by atoms with Gasteiger partial charge in [0, 0.05) is 16.3 Å². The van der Waals surface area contributed by atoms with E-state index in [0.29, 0.717) is 11.6 Å². The smallest absolute Gasteiger partial charge is 0.103 e. The summed E-state index contributed by atoms with van der Waals surface area (Å²) in [5.41, 5.74) is 1.65. The molecule has 1 fully saturated rings. The molecule has 2 nitrogen and oxygen atoms in total. The summed E-state index contributed by atoms with van der Waals surface area (Å²) in [4.78, 5) is 0. The van der Waals surface area contributed by atoms with Gasteiger partial charge in [-0.3, -0.25) is 0 Å². The molecule has 1 aliphatic rings. The molecule has 0 amide bonds. The number of nitrogens with zero attached hydrogens (tertiary/aromatic N) is 1. The van der Waals surface area contributed by atoms with Crippen molar-refractivity contribution < 1.29 is 0 Å². The summed E-state index contributed by atoms with van der Waals surface area (Å²) in [6.45, 7) is 0. The first kappa shape index (κ1) is 10.8. The quantitative estimate of drug-likeness (QED) is 0.905. The number of halogens is 1. The molecule has 1 heterocycles. The van der Waals surface area contributed by atoms with Gasteiger partial charge in [-0.15, -0.1) is 0 Å². The van der Waals surface area contributed by atoms with Gasteiger partial charge in [-0.2, -0.15) is 17.0 Å². The van der Waals surface area contributed by atoms with Crippen molar-refractivity contribution in [3.63, 3.8) is 0 Å². The summed E-state index contributed by atoms with van der Waals surface area (Å²) >= 11 is 5.35. The summed E-state index contributed by atoms with van der Waals surface area (Å²) in [6, 6.07) is 8.55. The molecule has 4 heteroatoms. The van der Waals surface area contributed by atoms with E-state index in [2.05, 4.69) is 27.3 Å². The molecular weight excluding hydrogens is 272 g/mol. The lowest BCUT2D eigenvalue weighted by Crippen LogP contribution is -2.18. The maximum absolute atomic E-state index is 9.05. The highest BCUT2D eigenvalue weighted by Gasteiger charge is 2.16. The number of hydrogen-bond donors (Lipinski definition) is 1. The predicted octanol–water partition coefficient (Wildman–Crippen LogP) is 3.24. The van der Waals surface area contributed by atoms with E-state index in [4.69, 9.17) is 5.26 Å². The van der Waals surface area contributed by atoms with Crippen LogP contribution in [0.4, 0.5) is 5.69 Å². The van der Waals surface area contributed by atoms with Crippen LogP contribution in [0.2, 0.25) is 0 Å². The van der Waals surface area contributed by atoms with Gasteiger partial charge in [0.25, 0.3) is 0 Å². The normalized spacial score (nSPS) is 19.9. The number of nitriles is 1. The van der Waals surface area contributed by atoms with Crippen molar-refractivity contribution >= 4 is 33.4 Å². The molecule has 1 aromatic carbocycles. The van der Waals surface area contributed by atoms with E-state index in [1.165, 1.54) is 12.2 Å². The SMILES string of the molecule is N#Cc1c(Br)cccc1NC1CCSC1. The highest BCUT2D eigenvalue weighted by atomic mass is 79.9. The van der Waals surface area contributed by atoms with Crippen LogP contribution in [0.5, 0.6) is 0 Å². The van der Waals surface area contributed by atoms with Crippen LogP contribution in [0.3, 0.4) is 0 Å². The molecule has 1 N–H and O–H groups in total. The fourth-order valence-corrected chi connectivity index (χ4v) is 3.23. The van der Waals surface area contributed by atoms with Gasteiger partial charge in [0.1, 0.15) is 6.07 Å². The van der Waals surface area contributed by atoms with Crippen LogP contribution >= 0.6 is 27.7 Å². The summed E-state index contributed by atoms with van der Waals surface area (Å²) < 4.78 is 0.862. The van der Waals surface area contributed by atoms with Gasteiger partial charge in [0.15, 0.2) is 0 Å². The van der Waals surface area contributed by atoms with Crippen LogP contribution in [0.1, 0.15) is 12.0 Å². The Morgan fingerprint density at radius 1 is 1.53 bits per heavy atom. The molecular formula is C11H11BrN2S. The summed E-state index contributed by atoms with van der Waals surface area (Å²) in [5.74, 6) is 2.35. The van der Waals surface area contributed by atoms with E-state index >= 15 is 0 Å². The number of nitrogens with one attached hydrogen (secondary N) is 1. The molecule has 0 radical (unpaired) electrons. The highest BCUT2D eigenvalue weighted by Crippen LogP contribution is 2.27. The molecule has 1 aromatic rings. The van der Waals surface area contributed by atoms with Crippen molar-refractivity contribution in [1.82, 2.24) is 0 Å². The molecule has 15 heavy (non-hydrogen) atoms. The van der Waals surface area contributed by atoms with Gasteiger partial charge in [-0.25, -0.2) is 0 Å². The first-order chi connectivity index (χ1) is 7.31. The Morgan fingerprint density at radius 3 is 3.07 bits per heavy atom. The van der Waals surface area contributed by atoms with Gasteiger partial charge >= 0.3 is 0 Å². The van der Waals surface area contributed by atoms with Gasteiger partial charge < -0.3 is 5.32 Å². The lowest BCUT2D eigenvalue weighted by atomic mass is 10.1. The Labute approximate surface area is 102 Å². The van der Waals surface area contributed by atoms with Crippen molar-refractivity contribution in [2.24, 2.45) is 0 Å². The Morgan fingerprint density at radius 2 is 2.40 bits per heavy atom. The third kappa shape index (κ3) is 2.47. The third-order valence-corrected chi connectivity index (χ3v) is 4.24. The highest BCUT2D eigenvalue weighted by molar-refractivity contribution is 9.10. The molecule has 1 aliphatic heterocycles. The molecule has 1 saturated heterocycles. The molecule has 0 aromatic heterocycles. The van der Waals surface area contributed by atoms with Crippen molar-refractivity contribution in [3.05, 3.63) is 28.2 Å². The van der Waals surface area contributed by atoms with Crippen LogP contribution in [-0.2, 0) is 0 Å². The zero-order valence-corrected chi connectivity index (χ0v) is 10.6. The molecule has 2 rings (SSSR count). The van der Waals surface area contributed by atoms with E-state index in [1.807, 2.05) is 30.0 Å². The summed E-state index contributed by atoms with van der Waals surface area (Å²) in [6.07, 6.45) is 1.18. The maximum Gasteiger partial charge on any atom is 0.103 e. The van der Waals surface area contributed by atoms with E-state index in [1.54, 1.807) is 0 Å². The van der Waals surface area contributed by atoms with Crippen LogP contribution < -0.4 is 5.32 Å². The Bertz CT molecular complexity index is 394. The first-order valence-electron chi connectivity index (χ1n) is 4.84. The molecule has 1 atom stereocenters. The van der Waals surface area contributed by atoms with Crippen molar-refractivity contribution in [3.8, 4) is 6.07 Å². The monoisotopic (exact) mass is 282 g/mol. The average Bonchev–Trinajstić information content (AvgIpc) is 2.71. The second-order valence-electron chi connectivity index (χ2n) is 3.48. The van der Waals surface area contributed by atoms with Crippen molar-refractivity contribution in [1.29, 1.82) is 5.26 Å². The number of rotatable bonds is 2. The predicted molar refractivity (Wildman–Crippen MR) is 68.2 cm³/mol. The Kier molecular flexibility index (Phi) is 3.55. The lowest BCUT2D eigenvalue weighted by Gasteiger charge is -2.14. The van der Waals surface area contributed by atoms with Crippen molar-refractivity contribution in [2.75, 3.05) is 16.8 Å². The van der Waals surface area contributed by atoms with Gasteiger partial charge in [-0.1, -0.05) is 6.07 Å². The third-order valence-electron chi connectivity index (χ3n) is 2.41. The molecule has 0 saturated carbocycles. The minimum atomic E-state index is 0.511. The Balaban J connectivity index is 2.20. The number of thioether (sulfide) groups is 1. The molecule has 0 spiro atoms. The first-order valence-corrected chi connectivity index (χ1v) is 6.79. The van der Waals surface area contributed by atoms with Crippen molar-refractivity contribution in [2.45, 2.75) is 12.5 Å². The zero-order valence-electron chi connectivity index (χ0n) is 8.16. The largest absolute Gasteiger partial charge is 0.380 e. The van der Waals surface area contributed by atoms with Crippen LogP contribution in [-0.4, -0.2) is 17.5 Å². The van der Waals surface area contributed by atoms with E-state index in [-0.39, 0.29) is 0 Å². The lowest BCUT2D eigenvalue weighted by molar-refractivity contribution is 0.812. The molecule has 1 unspecified atom stereocenters. The molecule has 0 bridgehead atoms.